The Balaban J connectivity index is 2.16. The standard InChI is InChI=1S/C13H16BFN2O3/c1-3-10-7-11(17(2)16-10)8-20-13-5-4-9(15)6-12(13)14(18)19/h4-7,18-19H,3,8H2,1-2H3. The van der Waals surface area contributed by atoms with Gasteiger partial charge < -0.3 is 14.8 Å². The molecular weight excluding hydrogens is 262 g/mol. The molecule has 2 aromatic rings. The molecule has 0 amide bonds. The van der Waals surface area contributed by atoms with Crippen LogP contribution in [0.3, 0.4) is 0 Å². The third kappa shape index (κ3) is 3.18. The van der Waals surface area contributed by atoms with Crippen LogP contribution >= 0.6 is 0 Å². The quantitative estimate of drug-likeness (QED) is 0.776. The molecule has 0 unspecified atom stereocenters. The van der Waals surface area contributed by atoms with Crippen LogP contribution in [0.4, 0.5) is 4.39 Å². The average molecular weight is 278 g/mol. The van der Waals surface area contributed by atoms with Gasteiger partial charge >= 0.3 is 7.12 Å². The number of rotatable bonds is 5. The van der Waals surface area contributed by atoms with Gasteiger partial charge in [-0.2, -0.15) is 5.10 Å². The van der Waals surface area contributed by atoms with Crippen LogP contribution in [-0.4, -0.2) is 26.9 Å². The smallest absolute Gasteiger partial charge is 0.488 e. The molecule has 0 saturated heterocycles. The maximum atomic E-state index is 13.1. The first kappa shape index (κ1) is 14.6. The molecule has 20 heavy (non-hydrogen) atoms. The molecule has 1 aromatic carbocycles. The van der Waals surface area contributed by atoms with Crippen molar-refractivity contribution in [2.75, 3.05) is 0 Å². The summed E-state index contributed by atoms with van der Waals surface area (Å²) in [7, 11) is 0.0306. The van der Waals surface area contributed by atoms with Gasteiger partial charge in [0.2, 0.25) is 0 Å². The van der Waals surface area contributed by atoms with E-state index in [2.05, 4.69) is 5.10 Å². The fraction of sp³-hybridized carbons (Fsp3) is 0.308. The first-order valence-corrected chi connectivity index (χ1v) is 6.31. The molecule has 0 aliphatic heterocycles. The van der Waals surface area contributed by atoms with E-state index in [0.29, 0.717) is 0 Å². The molecule has 0 radical (unpaired) electrons. The second-order valence-electron chi connectivity index (χ2n) is 4.45. The Morgan fingerprint density at radius 2 is 2.10 bits per heavy atom. The van der Waals surface area contributed by atoms with Crippen LogP contribution < -0.4 is 10.2 Å². The van der Waals surface area contributed by atoms with Crippen molar-refractivity contribution in [2.24, 2.45) is 7.05 Å². The Morgan fingerprint density at radius 1 is 1.35 bits per heavy atom. The maximum absolute atomic E-state index is 13.1. The summed E-state index contributed by atoms with van der Waals surface area (Å²) in [6.07, 6.45) is 0.824. The second kappa shape index (κ2) is 6.07. The zero-order valence-corrected chi connectivity index (χ0v) is 11.4. The highest BCUT2D eigenvalue weighted by molar-refractivity contribution is 6.59. The van der Waals surface area contributed by atoms with E-state index in [1.807, 2.05) is 20.0 Å². The third-order valence-corrected chi connectivity index (χ3v) is 3.02. The van der Waals surface area contributed by atoms with Gasteiger partial charge in [0.05, 0.1) is 11.4 Å². The van der Waals surface area contributed by atoms with Gasteiger partial charge in [-0.25, -0.2) is 4.39 Å². The lowest BCUT2D eigenvalue weighted by Gasteiger charge is -2.11. The van der Waals surface area contributed by atoms with Crippen molar-refractivity contribution in [2.45, 2.75) is 20.0 Å². The summed E-state index contributed by atoms with van der Waals surface area (Å²) >= 11 is 0. The molecule has 0 atom stereocenters. The Hall–Kier alpha value is -1.86. The molecular formula is C13H16BFN2O3. The molecule has 0 fully saturated rings. The van der Waals surface area contributed by atoms with Crippen molar-refractivity contribution in [3.63, 3.8) is 0 Å². The molecule has 0 bridgehead atoms. The van der Waals surface area contributed by atoms with Crippen LogP contribution in [0.5, 0.6) is 5.75 Å². The van der Waals surface area contributed by atoms with Gasteiger partial charge in [0.1, 0.15) is 18.2 Å². The fourth-order valence-corrected chi connectivity index (χ4v) is 1.88. The predicted octanol–water partition coefficient (Wildman–Crippen LogP) is 0.380. The number of aromatic nitrogens is 2. The lowest BCUT2D eigenvalue weighted by molar-refractivity contribution is 0.295. The Labute approximate surface area is 116 Å². The molecule has 5 nitrogen and oxygen atoms in total. The molecule has 1 aromatic heterocycles. The van der Waals surface area contributed by atoms with Gasteiger partial charge in [-0.3, -0.25) is 4.68 Å². The largest absolute Gasteiger partial charge is 0.492 e. The number of ether oxygens (including phenoxy) is 1. The van der Waals surface area contributed by atoms with E-state index in [1.165, 1.54) is 12.1 Å². The van der Waals surface area contributed by atoms with Gasteiger partial charge in [-0.15, -0.1) is 0 Å². The number of aryl methyl sites for hydroxylation is 2. The van der Waals surface area contributed by atoms with Gasteiger partial charge in [0.15, 0.2) is 0 Å². The molecule has 0 aliphatic carbocycles. The van der Waals surface area contributed by atoms with Crippen molar-refractivity contribution in [1.82, 2.24) is 9.78 Å². The minimum absolute atomic E-state index is 0.00267. The summed E-state index contributed by atoms with van der Waals surface area (Å²) in [5, 5.41) is 22.7. The zero-order valence-electron chi connectivity index (χ0n) is 11.4. The molecule has 0 aliphatic rings. The van der Waals surface area contributed by atoms with Crippen LogP contribution in [0.15, 0.2) is 24.3 Å². The van der Waals surface area contributed by atoms with E-state index in [4.69, 9.17) is 4.74 Å². The van der Waals surface area contributed by atoms with Gasteiger partial charge in [0.25, 0.3) is 0 Å². The van der Waals surface area contributed by atoms with Crippen LogP contribution in [-0.2, 0) is 20.1 Å². The molecule has 106 valence electrons. The minimum Gasteiger partial charge on any atom is -0.488 e. The molecule has 2 rings (SSSR count). The molecule has 0 saturated carbocycles. The highest BCUT2D eigenvalue weighted by Crippen LogP contribution is 2.13. The second-order valence-corrected chi connectivity index (χ2v) is 4.45. The van der Waals surface area contributed by atoms with E-state index in [-0.39, 0.29) is 17.8 Å². The van der Waals surface area contributed by atoms with Crippen molar-refractivity contribution in [1.29, 1.82) is 0 Å². The fourth-order valence-electron chi connectivity index (χ4n) is 1.88. The van der Waals surface area contributed by atoms with Crippen LogP contribution in [0.2, 0.25) is 0 Å². The summed E-state index contributed by atoms with van der Waals surface area (Å²) in [6, 6.07) is 5.54. The molecule has 7 heteroatoms. The van der Waals surface area contributed by atoms with Crippen molar-refractivity contribution < 1.29 is 19.2 Å². The topological polar surface area (TPSA) is 67.5 Å². The van der Waals surface area contributed by atoms with Crippen LogP contribution in [0.1, 0.15) is 18.3 Å². The lowest BCUT2D eigenvalue weighted by atomic mass is 9.79. The number of benzene rings is 1. The summed E-state index contributed by atoms with van der Waals surface area (Å²) in [5.74, 6) is -0.310. The maximum Gasteiger partial charge on any atom is 0.492 e. The van der Waals surface area contributed by atoms with E-state index in [0.717, 1.165) is 23.9 Å². The SMILES string of the molecule is CCc1cc(COc2ccc(F)cc2B(O)O)n(C)n1. The Morgan fingerprint density at radius 3 is 2.70 bits per heavy atom. The van der Waals surface area contributed by atoms with Crippen molar-refractivity contribution in [3.8, 4) is 5.75 Å². The normalized spacial score (nSPS) is 10.7. The highest BCUT2D eigenvalue weighted by Gasteiger charge is 2.18. The summed E-state index contributed by atoms with van der Waals surface area (Å²) in [6.45, 7) is 2.22. The summed E-state index contributed by atoms with van der Waals surface area (Å²) in [5.41, 5.74) is 1.81. The molecule has 2 N–H and O–H groups in total. The highest BCUT2D eigenvalue weighted by atomic mass is 19.1. The van der Waals surface area contributed by atoms with Gasteiger partial charge in [-0.1, -0.05) is 6.92 Å². The zero-order chi connectivity index (χ0) is 14.7. The number of hydrogen-bond acceptors (Lipinski definition) is 4. The number of hydrogen-bond donors (Lipinski definition) is 2. The minimum atomic E-state index is -1.78. The summed E-state index contributed by atoms with van der Waals surface area (Å²) in [4.78, 5) is 0. The first-order chi connectivity index (χ1) is 9.51. The third-order valence-electron chi connectivity index (χ3n) is 3.02. The van der Waals surface area contributed by atoms with Gasteiger partial charge in [0, 0.05) is 12.5 Å². The Bertz CT molecular complexity index is 601. The summed E-state index contributed by atoms with van der Waals surface area (Å²) < 4.78 is 20.3. The van der Waals surface area contributed by atoms with E-state index >= 15 is 0 Å². The van der Waals surface area contributed by atoms with Crippen molar-refractivity contribution >= 4 is 12.6 Å². The Kier molecular flexibility index (Phi) is 4.41. The predicted molar refractivity (Wildman–Crippen MR) is 73.1 cm³/mol. The number of halogens is 1. The van der Waals surface area contributed by atoms with Crippen LogP contribution in [0, 0.1) is 5.82 Å². The van der Waals surface area contributed by atoms with Crippen molar-refractivity contribution in [3.05, 3.63) is 41.5 Å². The van der Waals surface area contributed by atoms with E-state index < -0.39 is 12.9 Å². The first-order valence-electron chi connectivity index (χ1n) is 6.31. The van der Waals surface area contributed by atoms with E-state index in [1.54, 1.807) is 4.68 Å². The van der Waals surface area contributed by atoms with Crippen LogP contribution in [0.25, 0.3) is 0 Å². The molecule has 1 heterocycles. The van der Waals surface area contributed by atoms with E-state index in [9.17, 15) is 14.4 Å². The average Bonchev–Trinajstić information content (AvgIpc) is 2.78. The van der Waals surface area contributed by atoms with Gasteiger partial charge in [-0.05, 0) is 30.7 Å². The molecule has 0 spiro atoms. The lowest BCUT2D eigenvalue weighted by Crippen LogP contribution is -2.31. The number of nitrogens with zero attached hydrogens (tertiary/aromatic N) is 2. The monoisotopic (exact) mass is 278 g/mol.